The molecule has 3 heteroatoms. The smallest absolute Gasteiger partial charge is 0.168 e. The molecule has 90 valence electrons. The van der Waals surface area contributed by atoms with E-state index in [1.165, 1.54) is 6.07 Å². The highest BCUT2D eigenvalue weighted by Crippen LogP contribution is 2.25. The van der Waals surface area contributed by atoms with Crippen molar-refractivity contribution < 1.29 is 9.18 Å². The van der Waals surface area contributed by atoms with E-state index in [1.807, 2.05) is 13.8 Å². The first-order chi connectivity index (χ1) is 8.19. The van der Waals surface area contributed by atoms with Gasteiger partial charge >= 0.3 is 0 Å². The number of H-pyrrole nitrogens is 1. The van der Waals surface area contributed by atoms with E-state index in [1.54, 1.807) is 18.3 Å². The third-order valence-electron chi connectivity index (χ3n) is 3.28. The van der Waals surface area contributed by atoms with Crippen molar-refractivity contribution in [2.24, 2.45) is 5.92 Å². The van der Waals surface area contributed by atoms with E-state index in [-0.39, 0.29) is 17.5 Å². The Morgan fingerprint density at radius 2 is 2.06 bits per heavy atom. The molecule has 2 aromatic rings. The van der Waals surface area contributed by atoms with Crippen LogP contribution in [0, 0.1) is 11.7 Å². The van der Waals surface area contributed by atoms with Gasteiger partial charge in [-0.3, -0.25) is 4.79 Å². The van der Waals surface area contributed by atoms with Gasteiger partial charge in [-0.2, -0.15) is 0 Å². The average Bonchev–Trinajstić information content (AvgIpc) is 2.75. The SMILES string of the molecule is CCC(CC)C(=O)c1c[nH]c2cccc(F)c12. The zero-order valence-electron chi connectivity index (χ0n) is 10.1. The van der Waals surface area contributed by atoms with Gasteiger partial charge in [0.1, 0.15) is 5.82 Å². The van der Waals surface area contributed by atoms with Crippen LogP contribution in [-0.4, -0.2) is 10.8 Å². The molecule has 1 aromatic heterocycles. The molecule has 2 rings (SSSR count). The Kier molecular flexibility index (Phi) is 3.27. The summed E-state index contributed by atoms with van der Waals surface area (Å²) in [5, 5.41) is 0.421. The fraction of sp³-hybridized carbons (Fsp3) is 0.357. The Bertz CT molecular complexity index is 540. The maximum atomic E-state index is 13.7. The Hall–Kier alpha value is -1.64. The van der Waals surface area contributed by atoms with Crippen LogP contribution in [0.1, 0.15) is 37.0 Å². The third kappa shape index (κ3) is 1.97. The van der Waals surface area contributed by atoms with Gasteiger partial charge in [0.15, 0.2) is 5.78 Å². The number of ketones is 1. The number of fused-ring (bicyclic) bond motifs is 1. The molecule has 0 fully saturated rings. The quantitative estimate of drug-likeness (QED) is 0.797. The van der Waals surface area contributed by atoms with Gasteiger partial charge in [-0.25, -0.2) is 4.39 Å². The topological polar surface area (TPSA) is 32.9 Å². The van der Waals surface area contributed by atoms with Gasteiger partial charge < -0.3 is 4.98 Å². The van der Waals surface area contributed by atoms with E-state index in [4.69, 9.17) is 0 Å². The molecule has 0 saturated carbocycles. The summed E-state index contributed by atoms with van der Waals surface area (Å²) >= 11 is 0. The van der Waals surface area contributed by atoms with Crippen molar-refractivity contribution in [3.8, 4) is 0 Å². The van der Waals surface area contributed by atoms with Crippen LogP contribution in [-0.2, 0) is 0 Å². The van der Waals surface area contributed by atoms with Crippen LogP contribution < -0.4 is 0 Å². The molecule has 0 aliphatic carbocycles. The van der Waals surface area contributed by atoms with E-state index in [0.717, 1.165) is 12.8 Å². The summed E-state index contributed by atoms with van der Waals surface area (Å²) in [4.78, 5) is 15.2. The summed E-state index contributed by atoms with van der Waals surface area (Å²) in [6, 6.07) is 4.81. The van der Waals surface area contributed by atoms with Crippen LogP contribution >= 0.6 is 0 Å². The molecule has 2 nitrogen and oxygen atoms in total. The van der Waals surface area contributed by atoms with Crippen LogP contribution in [0.4, 0.5) is 4.39 Å². The molecule has 1 N–H and O–H groups in total. The minimum Gasteiger partial charge on any atom is -0.360 e. The zero-order chi connectivity index (χ0) is 12.4. The van der Waals surface area contributed by atoms with Crippen LogP contribution in [0.3, 0.4) is 0 Å². The molecule has 0 unspecified atom stereocenters. The first kappa shape index (κ1) is 11.8. The summed E-state index contributed by atoms with van der Waals surface area (Å²) < 4.78 is 13.7. The maximum absolute atomic E-state index is 13.7. The van der Waals surface area contributed by atoms with Crippen LogP contribution in [0.25, 0.3) is 10.9 Å². The van der Waals surface area contributed by atoms with Gasteiger partial charge in [0.25, 0.3) is 0 Å². The minimum absolute atomic E-state index is 0.0198. The zero-order valence-corrected chi connectivity index (χ0v) is 10.1. The van der Waals surface area contributed by atoms with Crippen molar-refractivity contribution in [1.29, 1.82) is 0 Å². The van der Waals surface area contributed by atoms with E-state index in [0.29, 0.717) is 16.5 Å². The fourth-order valence-electron chi connectivity index (χ4n) is 2.21. The van der Waals surface area contributed by atoms with Crippen LogP contribution in [0.15, 0.2) is 24.4 Å². The lowest BCUT2D eigenvalue weighted by Gasteiger charge is -2.09. The van der Waals surface area contributed by atoms with Gasteiger partial charge in [-0.1, -0.05) is 19.9 Å². The van der Waals surface area contributed by atoms with E-state index in [9.17, 15) is 9.18 Å². The second-order valence-corrected chi connectivity index (χ2v) is 4.24. The predicted molar refractivity (Wildman–Crippen MR) is 66.7 cm³/mol. The molecule has 0 aliphatic rings. The Balaban J connectivity index is 2.52. The van der Waals surface area contributed by atoms with Gasteiger partial charge in [-0.05, 0) is 25.0 Å². The number of aromatic amines is 1. The minimum atomic E-state index is -0.335. The van der Waals surface area contributed by atoms with Crippen molar-refractivity contribution in [2.75, 3.05) is 0 Å². The molecule has 1 heterocycles. The lowest BCUT2D eigenvalue weighted by Crippen LogP contribution is -2.12. The lowest BCUT2D eigenvalue weighted by molar-refractivity contribution is 0.0915. The number of benzene rings is 1. The van der Waals surface area contributed by atoms with Crippen molar-refractivity contribution in [2.45, 2.75) is 26.7 Å². The average molecular weight is 233 g/mol. The normalized spacial score (nSPS) is 11.3. The highest BCUT2D eigenvalue weighted by molar-refractivity contribution is 6.09. The third-order valence-corrected chi connectivity index (χ3v) is 3.28. The van der Waals surface area contributed by atoms with Crippen molar-refractivity contribution in [3.05, 3.63) is 35.8 Å². The number of hydrogen-bond donors (Lipinski definition) is 1. The molecule has 1 aromatic carbocycles. The van der Waals surface area contributed by atoms with E-state index < -0.39 is 0 Å². The Labute approximate surface area is 99.8 Å². The number of carbonyl (C=O) groups is 1. The monoisotopic (exact) mass is 233 g/mol. The second kappa shape index (κ2) is 4.70. The first-order valence-electron chi connectivity index (χ1n) is 5.98. The number of rotatable bonds is 4. The number of halogens is 1. The summed E-state index contributed by atoms with van der Waals surface area (Å²) in [6.07, 6.45) is 3.20. The van der Waals surface area contributed by atoms with Gasteiger partial charge in [-0.15, -0.1) is 0 Å². The molecule has 0 atom stereocenters. The Morgan fingerprint density at radius 3 is 2.71 bits per heavy atom. The summed E-state index contributed by atoms with van der Waals surface area (Å²) in [7, 11) is 0. The largest absolute Gasteiger partial charge is 0.360 e. The van der Waals surface area contributed by atoms with Crippen molar-refractivity contribution in [1.82, 2.24) is 4.98 Å². The van der Waals surface area contributed by atoms with Crippen LogP contribution in [0.2, 0.25) is 0 Å². The highest BCUT2D eigenvalue weighted by atomic mass is 19.1. The number of aromatic nitrogens is 1. The standard InChI is InChI=1S/C14H16FNO/c1-3-9(4-2)14(17)10-8-16-12-7-5-6-11(15)13(10)12/h5-9,16H,3-4H2,1-2H3. The van der Waals surface area contributed by atoms with Crippen molar-refractivity contribution >= 4 is 16.7 Å². The summed E-state index contributed by atoms with van der Waals surface area (Å²) in [6.45, 7) is 3.97. The molecular formula is C14H16FNO. The van der Waals surface area contributed by atoms with Gasteiger partial charge in [0.05, 0.1) is 0 Å². The molecule has 0 amide bonds. The number of carbonyl (C=O) groups excluding carboxylic acids is 1. The number of Topliss-reactive ketones (excluding diaryl/α,β-unsaturated/α-hetero) is 1. The fourth-order valence-corrected chi connectivity index (χ4v) is 2.21. The lowest BCUT2D eigenvalue weighted by atomic mass is 9.93. The van der Waals surface area contributed by atoms with E-state index in [2.05, 4.69) is 4.98 Å². The van der Waals surface area contributed by atoms with Crippen molar-refractivity contribution in [3.63, 3.8) is 0 Å². The van der Waals surface area contributed by atoms with Crippen LogP contribution in [0.5, 0.6) is 0 Å². The maximum Gasteiger partial charge on any atom is 0.168 e. The van der Waals surface area contributed by atoms with Gasteiger partial charge in [0, 0.05) is 28.6 Å². The number of hydrogen-bond acceptors (Lipinski definition) is 1. The summed E-state index contributed by atoms with van der Waals surface area (Å²) in [5.74, 6) is -0.321. The molecular weight excluding hydrogens is 217 g/mol. The molecule has 17 heavy (non-hydrogen) atoms. The van der Waals surface area contributed by atoms with E-state index >= 15 is 0 Å². The Morgan fingerprint density at radius 1 is 1.35 bits per heavy atom. The van der Waals surface area contributed by atoms with Gasteiger partial charge in [0.2, 0.25) is 0 Å². The molecule has 0 saturated heterocycles. The number of nitrogens with one attached hydrogen (secondary N) is 1. The molecule has 0 radical (unpaired) electrons. The molecule has 0 spiro atoms. The predicted octanol–water partition coefficient (Wildman–Crippen LogP) is 3.93. The highest BCUT2D eigenvalue weighted by Gasteiger charge is 2.21. The molecule has 0 bridgehead atoms. The second-order valence-electron chi connectivity index (χ2n) is 4.24. The summed E-state index contributed by atoms with van der Waals surface area (Å²) in [5.41, 5.74) is 1.16. The first-order valence-corrected chi connectivity index (χ1v) is 5.98. The molecule has 0 aliphatic heterocycles.